The van der Waals surface area contributed by atoms with E-state index < -0.39 is 0 Å². The number of fused-ring (bicyclic) bond motifs is 1. The van der Waals surface area contributed by atoms with Gasteiger partial charge in [-0.3, -0.25) is 0 Å². The van der Waals surface area contributed by atoms with Crippen molar-refractivity contribution < 1.29 is 9.47 Å². The predicted octanol–water partition coefficient (Wildman–Crippen LogP) is 5.34. The van der Waals surface area contributed by atoms with Crippen LogP contribution in [0.2, 0.25) is 0 Å². The molecule has 6 nitrogen and oxygen atoms in total. The number of hydrogen-bond acceptors (Lipinski definition) is 5. The van der Waals surface area contributed by atoms with E-state index in [0.29, 0.717) is 12.5 Å². The highest BCUT2D eigenvalue weighted by atomic mass is 16.5. The Kier molecular flexibility index (Phi) is 5.54. The summed E-state index contributed by atoms with van der Waals surface area (Å²) in [6.07, 6.45) is 6.75. The Morgan fingerprint density at radius 1 is 1.09 bits per heavy atom. The number of nitrogen functional groups attached to an aromatic ring is 1. The number of aromatic amines is 1. The van der Waals surface area contributed by atoms with E-state index in [1.54, 1.807) is 12.4 Å². The number of hydrogen-bond donors (Lipinski definition) is 2. The van der Waals surface area contributed by atoms with Gasteiger partial charge in [-0.2, -0.15) is 0 Å². The first-order chi connectivity index (χ1) is 15.9. The highest BCUT2D eigenvalue weighted by Gasteiger charge is 2.34. The summed E-state index contributed by atoms with van der Waals surface area (Å²) in [5.41, 5.74) is 11.1. The van der Waals surface area contributed by atoms with Gasteiger partial charge in [-0.25, -0.2) is 9.97 Å². The number of nitrogens with zero attached hydrogens (tertiary/aromatic N) is 2. The maximum atomic E-state index is 6.11. The minimum atomic E-state index is -0.171. The first kappa shape index (κ1) is 21.5. The Bertz CT molecular complexity index is 1240. The second-order valence-electron chi connectivity index (χ2n) is 9.28. The van der Waals surface area contributed by atoms with Crippen LogP contribution in [-0.2, 0) is 10.2 Å². The molecule has 2 aromatic carbocycles. The fourth-order valence-corrected chi connectivity index (χ4v) is 4.70. The molecule has 0 aliphatic carbocycles. The van der Waals surface area contributed by atoms with E-state index in [-0.39, 0.29) is 17.5 Å². The van der Waals surface area contributed by atoms with Crippen molar-refractivity contribution in [2.45, 2.75) is 38.7 Å². The van der Waals surface area contributed by atoms with E-state index in [1.165, 1.54) is 16.5 Å². The molecule has 4 aromatic rings. The van der Waals surface area contributed by atoms with Gasteiger partial charge in [0.2, 0.25) is 5.95 Å². The summed E-state index contributed by atoms with van der Waals surface area (Å²) in [5.74, 6) is 1.55. The van der Waals surface area contributed by atoms with Gasteiger partial charge >= 0.3 is 0 Å². The Balaban J connectivity index is 1.48. The molecular formula is C27H30N4O2. The summed E-state index contributed by atoms with van der Waals surface area (Å²) in [4.78, 5) is 11.7. The first-order valence-corrected chi connectivity index (χ1v) is 11.5. The lowest BCUT2D eigenvalue weighted by Crippen LogP contribution is -2.29. The molecule has 5 rings (SSSR count). The van der Waals surface area contributed by atoms with Gasteiger partial charge in [-0.15, -0.1) is 0 Å². The molecule has 0 radical (unpaired) electrons. The molecule has 2 unspecified atom stereocenters. The zero-order valence-corrected chi connectivity index (χ0v) is 19.3. The van der Waals surface area contributed by atoms with Gasteiger partial charge < -0.3 is 20.2 Å². The van der Waals surface area contributed by atoms with E-state index in [9.17, 15) is 0 Å². The van der Waals surface area contributed by atoms with Crippen molar-refractivity contribution in [1.29, 1.82) is 0 Å². The molecule has 1 aliphatic rings. The summed E-state index contributed by atoms with van der Waals surface area (Å²) < 4.78 is 11.5. The van der Waals surface area contributed by atoms with Gasteiger partial charge in [-0.1, -0.05) is 45.0 Å². The van der Waals surface area contributed by atoms with Crippen molar-refractivity contribution in [3.63, 3.8) is 0 Å². The average molecular weight is 443 g/mol. The van der Waals surface area contributed by atoms with Gasteiger partial charge in [0.05, 0.1) is 13.2 Å². The molecular weight excluding hydrogens is 412 g/mol. The van der Waals surface area contributed by atoms with Gasteiger partial charge in [-0.05, 0) is 34.7 Å². The molecule has 3 N–H and O–H groups in total. The standard InChI is InChI=1S/C27H30N4O2/c1-17(2)27(3,20-6-4-18(5-7-20)19-13-30-26(28)31-14-19)24-15-29-25-12-21(8-9-23(24)25)33-22-10-11-32-16-22/h4-9,12-15,17,22,29H,10-11,16H2,1-3H3,(H2,28,30,31). The van der Waals surface area contributed by atoms with Crippen molar-refractivity contribution in [2.24, 2.45) is 5.92 Å². The van der Waals surface area contributed by atoms with Gasteiger partial charge in [0, 0.05) is 53.0 Å². The van der Waals surface area contributed by atoms with Gasteiger partial charge in [0.15, 0.2) is 0 Å². The number of nitrogens with one attached hydrogen (secondary N) is 1. The topological polar surface area (TPSA) is 86.1 Å². The maximum absolute atomic E-state index is 6.11. The van der Waals surface area contributed by atoms with Crippen LogP contribution in [-0.4, -0.2) is 34.3 Å². The molecule has 3 heterocycles. The van der Waals surface area contributed by atoms with E-state index >= 15 is 0 Å². The lowest BCUT2D eigenvalue weighted by Gasteiger charge is -2.35. The predicted molar refractivity (Wildman–Crippen MR) is 131 cm³/mol. The van der Waals surface area contributed by atoms with E-state index in [4.69, 9.17) is 15.2 Å². The van der Waals surface area contributed by atoms with Crippen LogP contribution in [0.25, 0.3) is 22.0 Å². The van der Waals surface area contributed by atoms with Crippen LogP contribution in [0.15, 0.2) is 61.1 Å². The molecule has 0 spiro atoms. The molecule has 6 heteroatoms. The SMILES string of the molecule is CC(C)C(C)(c1ccc(-c2cnc(N)nc2)cc1)c1c[nH]c2cc(OC3CCOC3)ccc12. The average Bonchev–Trinajstić information content (AvgIpc) is 3.49. The second kappa shape index (κ2) is 8.52. The zero-order chi connectivity index (χ0) is 23.0. The number of H-pyrrole nitrogens is 1. The van der Waals surface area contributed by atoms with E-state index in [1.807, 2.05) is 0 Å². The fourth-order valence-electron chi connectivity index (χ4n) is 4.70. The monoisotopic (exact) mass is 442 g/mol. The quantitative estimate of drug-likeness (QED) is 0.421. The van der Waals surface area contributed by atoms with E-state index in [2.05, 4.69) is 84.4 Å². The summed E-state index contributed by atoms with van der Waals surface area (Å²) in [5, 5.41) is 1.22. The Hall–Kier alpha value is -3.38. The molecule has 0 bridgehead atoms. The number of aromatic nitrogens is 3. The molecule has 1 aliphatic heterocycles. The Labute approximate surface area is 194 Å². The van der Waals surface area contributed by atoms with Gasteiger partial charge in [0.25, 0.3) is 0 Å². The number of rotatable bonds is 6. The van der Waals surface area contributed by atoms with Crippen LogP contribution in [0.4, 0.5) is 5.95 Å². The lowest BCUT2D eigenvalue weighted by molar-refractivity contribution is 0.141. The molecule has 1 fully saturated rings. The minimum absolute atomic E-state index is 0.141. The van der Waals surface area contributed by atoms with Crippen molar-refractivity contribution in [3.05, 3.63) is 72.2 Å². The smallest absolute Gasteiger partial charge is 0.219 e. The molecule has 1 saturated heterocycles. The highest BCUT2D eigenvalue weighted by Crippen LogP contribution is 2.43. The summed E-state index contributed by atoms with van der Waals surface area (Å²) in [6.45, 7) is 8.31. The molecule has 33 heavy (non-hydrogen) atoms. The summed E-state index contributed by atoms with van der Waals surface area (Å²) in [6, 6.07) is 15.0. The van der Waals surface area contributed by atoms with Crippen LogP contribution in [0, 0.1) is 5.92 Å². The van der Waals surface area contributed by atoms with Crippen LogP contribution in [0.5, 0.6) is 5.75 Å². The molecule has 2 aromatic heterocycles. The highest BCUT2D eigenvalue weighted by molar-refractivity contribution is 5.86. The lowest BCUT2D eigenvalue weighted by atomic mass is 9.68. The van der Waals surface area contributed by atoms with Gasteiger partial charge in [0.1, 0.15) is 11.9 Å². The van der Waals surface area contributed by atoms with Crippen molar-refractivity contribution in [1.82, 2.24) is 15.0 Å². The van der Waals surface area contributed by atoms with Crippen LogP contribution in [0.3, 0.4) is 0 Å². The third-order valence-corrected chi connectivity index (χ3v) is 7.05. The molecule has 0 saturated carbocycles. The summed E-state index contributed by atoms with van der Waals surface area (Å²) >= 11 is 0. The number of benzene rings is 2. The third kappa shape index (κ3) is 3.95. The normalized spacial score (nSPS) is 18.0. The number of ether oxygens (including phenoxy) is 2. The van der Waals surface area contributed by atoms with Crippen LogP contribution < -0.4 is 10.5 Å². The second-order valence-corrected chi connectivity index (χ2v) is 9.28. The fraction of sp³-hybridized carbons (Fsp3) is 0.333. The molecule has 2 atom stereocenters. The molecule has 170 valence electrons. The van der Waals surface area contributed by atoms with Crippen LogP contribution >= 0.6 is 0 Å². The number of nitrogens with two attached hydrogens (primary N) is 1. The van der Waals surface area contributed by atoms with Crippen LogP contribution in [0.1, 0.15) is 38.3 Å². The largest absolute Gasteiger partial charge is 0.488 e. The number of anilines is 1. The minimum Gasteiger partial charge on any atom is -0.488 e. The third-order valence-electron chi connectivity index (χ3n) is 7.05. The van der Waals surface area contributed by atoms with Crippen molar-refractivity contribution >= 4 is 16.9 Å². The van der Waals surface area contributed by atoms with Crippen molar-refractivity contribution in [2.75, 3.05) is 18.9 Å². The Morgan fingerprint density at radius 3 is 2.52 bits per heavy atom. The summed E-state index contributed by atoms with van der Waals surface area (Å²) in [7, 11) is 0. The molecule has 0 amide bonds. The zero-order valence-electron chi connectivity index (χ0n) is 19.3. The van der Waals surface area contributed by atoms with E-state index in [0.717, 1.165) is 35.4 Å². The maximum Gasteiger partial charge on any atom is 0.219 e. The van der Waals surface area contributed by atoms with Crippen molar-refractivity contribution in [3.8, 4) is 16.9 Å². The Morgan fingerprint density at radius 2 is 1.85 bits per heavy atom. The first-order valence-electron chi connectivity index (χ1n) is 11.5.